The third-order valence-corrected chi connectivity index (χ3v) is 6.03. The average Bonchev–Trinajstić information content (AvgIpc) is 3.38. The molecule has 0 fully saturated rings. The van der Waals surface area contributed by atoms with Gasteiger partial charge in [0.05, 0.1) is 23.1 Å². The standard InChI is InChI=1S/C20H18N6O3S2/c1-12(27)22-19-24-16-8-3-13(9-17(16)31-19)23-18(28)10-30-20-25-21-11-26(20)14-4-6-15(29-2)7-5-14/h3-9,11H,10H2,1-2H3,(H,23,28)(H,22,24,27). The second kappa shape index (κ2) is 9.14. The summed E-state index contributed by atoms with van der Waals surface area (Å²) in [4.78, 5) is 28.0. The van der Waals surface area contributed by atoms with E-state index >= 15 is 0 Å². The molecule has 4 aromatic rings. The fourth-order valence-corrected chi connectivity index (χ4v) is 4.46. The summed E-state index contributed by atoms with van der Waals surface area (Å²) >= 11 is 2.64. The van der Waals surface area contributed by atoms with Gasteiger partial charge in [-0.25, -0.2) is 4.98 Å². The Labute approximate surface area is 185 Å². The van der Waals surface area contributed by atoms with Gasteiger partial charge < -0.3 is 15.4 Å². The molecule has 9 nitrogen and oxygen atoms in total. The number of carbonyl (C=O) groups excluding carboxylic acids is 2. The lowest BCUT2D eigenvalue weighted by molar-refractivity contribution is -0.114. The summed E-state index contributed by atoms with van der Waals surface area (Å²) in [5.41, 5.74) is 2.29. The summed E-state index contributed by atoms with van der Waals surface area (Å²) in [5, 5.41) is 14.7. The van der Waals surface area contributed by atoms with Gasteiger partial charge in [0, 0.05) is 18.3 Å². The van der Waals surface area contributed by atoms with Crippen LogP contribution in [0.3, 0.4) is 0 Å². The number of carbonyl (C=O) groups is 2. The van der Waals surface area contributed by atoms with Crippen molar-refractivity contribution in [3.05, 3.63) is 48.8 Å². The Morgan fingerprint density at radius 2 is 1.97 bits per heavy atom. The highest BCUT2D eigenvalue weighted by Crippen LogP contribution is 2.28. The van der Waals surface area contributed by atoms with Gasteiger partial charge in [0.25, 0.3) is 0 Å². The Morgan fingerprint density at radius 1 is 1.16 bits per heavy atom. The first kappa shape index (κ1) is 20.8. The van der Waals surface area contributed by atoms with Gasteiger partial charge in [0.1, 0.15) is 12.1 Å². The van der Waals surface area contributed by atoms with Crippen molar-refractivity contribution in [1.29, 1.82) is 0 Å². The monoisotopic (exact) mass is 454 g/mol. The number of thioether (sulfide) groups is 1. The van der Waals surface area contributed by atoms with Crippen LogP contribution in [0.2, 0.25) is 0 Å². The highest BCUT2D eigenvalue weighted by atomic mass is 32.2. The number of hydrogen-bond donors (Lipinski definition) is 2. The smallest absolute Gasteiger partial charge is 0.234 e. The van der Waals surface area contributed by atoms with Crippen LogP contribution in [0.25, 0.3) is 15.9 Å². The third kappa shape index (κ3) is 5.01. The van der Waals surface area contributed by atoms with E-state index in [2.05, 4.69) is 25.8 Å². The van der Waals surface area contributed by atoms with Crippen molar-refractivity contribution in [3.63, 3.8) is 0 Å². The van der Waals surface area contributed by atoms with Crippen LogP contribution in [0, 0.1) is 0 Å². The lowest BCUT2D eigenvalue weighted by Gasteiger charge is -2.08. The molecule has 0 atom stereocenters. The topological polar surface area (TPSA) is 111 Å². The van der Waals surface area contributed by atoms with Crippen LogP contribution in [0.5, 0.6) is 5.75 Å². The number of hydrogen-bond acceptors (Lipinski definition) is 8. The first-order chi connectivity index (χ1) is 15.0. The summed E-state index contributed by atoms with van der Waals surface area (Å²) in [5.74, 6) is 0.590. The van der Waals surface area contributed by atoms with Crippen LogP contribution in [0.4, 0.5) is 10.8 Å². The van der Waals surface area contributed by atoms with Crippen LogP contribution in [0.15, 0.2) is 53.9 Å². The van der Waals surface area contributed by atoms with Crippen molar-refractivity contribution in [2.75, 3.05) is 23.5 Å². The van der Waals surface area contributed by atoms with Gasteiger partial charge in [-0.15, -0.1) is 10.2 Å². The van der Waals surface area contributed by atoms with E-state index in [1.807, 2.05) is 34.9 Å². The first-order valence-electron chi connectivity index (χ1n) is 9.17. The minimum atomic E-state index is -0.174. The Balaban J connectivity index is 1.39. The molecule has 2 aromatic heterocycles. The zero-order valence-electron chi connectivity index (χ0n) is 16.7. The summed E-state index contributed by atoms with van der Waals surface area (Å²) < 4.78 is 7.86. The average molecular weight is 455 g/mol. The van der Waals surface area contributed by atoms with Crippen LogP contribution >= 0.6 is 23.1 Å². The number of aromatic nitrogens is 4. The zero-order valence-corrected chi connectivity index (χ0v) is 18.3. The Bertz CT molecular complexity index is 1240. The molecule has 158 valence electrons. The lowest BCUT2D eigenvalue weighted by Crippen LogP contribution is -2.14. The minimum absolute atomic E-state index is 0.166. The number of fused-ring (bicyclic) bond motifs is 1. The maximum atomic E-state index is 12.5. The van der Waals surface area contributed by atoms with Gasteiger partial charge in [-0.2, -0.15) is 0 Å². The molecule has 31 heavy (non-hydrogen) atoms. The fourth-order valence-electron chi connectivity index (χ4n) is 2.78. The number of rotatable bonds is 7. The van der Waals surface area contributed by atoms with E-state index in [1.54, 1.807) is 25.6 Å². The van der Waals surface area contributed by atoms with Gasteiger partial charge in [0.15, 0.2) is 10.3 Å². The molecule has 11 heteroatoms. The highest BCUT2D eigenvalue weighted by molar-refractivity contribution is 7.99. The summed E-state index contributed by atoms with van der Waals surface area (Å²) in [6, 6.07) is 12.9. The van der Waals surface area contributed by atoms with Crippen LogP contribution < -0.4 is 15.4 Å². The molecule has 2 heterocycles. The Hall–Kier alpha value is -3.44. The molecule has 2 amide bonds. The molecule has 0 aliphatic rings. The van der Waals surface area contributed by atoms with Crippen molar-refractivity contribution >= 4 is 55.9 Å². The van der Waals surface area contributed by atoms with Gasteiger partial charge in [-0.1, -0.05) is 23.1 Å². The van der Waals surface area contributed by atoms with Gasteiger partial charge in [-0.3, -0.25) is 14.2 Å². The molecule has 2 aromatic carbocycles. The molecule has 0 unspecified atom stereocenters. The lowest BCUT2D eigenvalue weighted by atomic mass is 10.3. The van der Waals surface area contributed by atoms with Gasteiger partial charge >= 0.3 is 0 Å². The van der Waals surface area contributed by atoms with Crippen molar-refractivity contribution in [1.82, 2.24) is 19.7 Å². The summed E-state index contributed by atoms with van der Waals surface area (Å²) in [6.45, 7) is 1.44. The van der Waals surface area contributed by atoms with Crippen LogP contribution in [-0.4, -0.2) is 44.4 Å². The largest absolute Gasteiger partial charge is 0.497 e. The molecule has 0 aliphatic carbocycles. The number of amides is 2. The molecular formula is C20H18N6O3S2. The second-order valence-corrected chi connectivity index (χ2v) is 8.37. The number of nitrogens with zero attached hydrogens (tertiary/aromatic N) is 4. The van der Waals surface area contributed by atoms with Crippen LogP contribution in [0.1, 0.15) is 6.92 Å². The summed E-state index contributed by atoms with van der Waals surface area (Å²) in [7, 11) is 1.61. The molecule has 0 saturated heterocycles. The third-order valence-electron chi connectivity index (χ3n) is 4.15. The van der Waals surface area contributed by atoms with Crippen molar-refractivity contribution in [3.8, 4) is 11.4 Å². The van der Waals surface area contributed by atoms with E-state index < -0.39 is 0 Å². The van der Waals surface area contributed by atoms with E-state index in [4.69, 9.17) is 4.74 Å². The quantitative estimate of drug-likeness (QED) is 0.411. The fraction of sp³-hybridized carbons (Fsp3) is 0.150. The van der Waals surface area contributed by atoms with E-state index in [9.17, 15) is 9.59 Å². The van der Waals surface area contributed by atoms with Gasteiger partial charge in [0.2, 0.25) is 11.8 Å². The molecular weight excluding hydrogens is 436 g/mol. The molecule has 0 saturated carbocycles. The van der Waals surface area contributed by atoms with Crippen molar-refractivity contribution in [2.45, 2.75) is 12.1 Å². The maximum Gasteiger partial charge on any atom is 0.234 e. The predicted octanol–water partition coefficient (Wildman–Crippen LogP) is 3.57. The normalized spacial score (nSPS) is 10.8. The van der Waals surface area contributed by atoms with Crippen molar-refractivity contribution < 1.29 is 14.3 Å². The minimum Gasteiger partial charge on any atom is -0.497 e. The van der Waals surface area contributed by atoms with Crippen molar-refractivity contribution in [2.24, 2.45) is 0 Å². The molecule has 0 radical (unpaired) electrons. The Kier molecular flexibility index (Phi) is 6.14. The molecule has 2 N–H and O–H groups in total. The maximum absolute atomic E-state index is 12.5. The number of nitrogens with one attached hydrogen (secondary N) is 2. The highest BCUT2D eigenvalue weighted by Gasteiger charge is 2.12. The molecule has 4 rings (SSSR count). The zero-order chi connectivity index (χ0) is 21.8. The number of benzene rings is 2. The number of methoxy groups -OCH3 is 1. The first-order valence-corrected chi connectivity index (χ1v) is 11.0. The molecule has 0 spiro atoms. The van der Waals surface area contributed by atoms with E-state index in [0.717, 1.165) is 21.7 Å². The second-order valence-electron chi connectivity index (χ2n) is 6.40. The SMILES string of the molecule is COc1ccc(-n2cnnc2SCC(=O)Nc2ccc3nc(NC(C)=O)sc3c2)cc1. The Morgan fingerprint density at radius 3 is 2.71 bits per heavy atom. The van der Waals surface area contributed by atoms with E-state index in [0.29, 0.717) is 16.0 Å². The predicted molar refractivity (Wildman–Crippen MR) is 121 cm³/mol. The van der Waals surface area contributed by atoms with E-state index in [1.165, 1.54) is 30.0 Å². The number of thiazole rings is 1. The number of anilines is 2. The van der Waals surface area contributed by atoms with Crippen LogP contribution in [-0.2, 0) is 9.59 Å². The molecule has 0 aliphatic heterocycles. The number of ether oxygens (including phenoxy) is 1. The van der Waals surface area contributed by atoms with E-state index in [-0.39, 0.29) is 17.6 Å². The summed E-state index contributed by atoms with van der Waals surface area (Å²) in [6.07, 6.45) is 1.60. The van der Waals surface area contributed by atoms with Gasteiger partial charge in [-0.05, 0) is 42.5 Å². The molecule has 0 bridgehead atoms.